The summed E-state index contributed by atoms with van der Waals surface area (Å²) in [5, 5.41) is 17.1. The van der Waals surface area contributed by atoms with Crippen LogP contribution in [-0.2, 0) is 14.3 Å². The summed E-state index contributed by atoms with van der Waals surface area (Å²) in [5.74, 6) is -0.857. The molecule has 3 atom stereocenters. The quantitative estimate of drug-likeness (QED) is 0.235. The van der Waals surface area contributed by atoms with Gasteiger partial charge in [0, 0.05) is 38.3 Å². The van der Waals surface area contributed by atoms with Crippen molar-refractivity contribution in [1.29, 1.82) is 5.41 Å². The van der Waals surface area contributed by atoms with Gasteiger partial charge >= 0.3 is 5.97 Å². The zero-order chi connectivity index (χ0) is 23.8. The molecule has 1 amide bonds. The second-order valence-electron chi connectivity index (χ2n) is 9.63. The number of nitrogens with one attached hydrogen (secondary N) is 1. The van der Waals surface area contributed by atoms with Gasteiger partial charge in [0.1, 0.15) is 0 Å². The first-order valence-corrected chi connectivity index (χ1v) is 12.5. The molecular formula is C24H43Cl2N5O4. The maximum Gasteiger partial charge on any atom is 0.305 e. The Morgan fingerprint density at radius 1 is 1.14 bits per heavy atom. The molecule has 9 nitrogen and oxygen atoms in total. The minimum absolute atomic E-state index is 0. The fourth-order valence-electron chi connectivity index (χ4n) is 5.39. The van der Waals surface area contributed by atoms with Crippen LogP contribution < -0.4 is 5.73 Å². The van der Waals surface area contributed by atoms with Crippen molar-refractivity contribution in [2.75, 3.05) is 33.3 Å². The number of likely N-dealkylation sites (tertiary alicyclic amines) is 2. The number of guanidine groups is 1. The maximum absolute atomic E-state index is 13.6. The van der Waals surface area contributed by atoms with E-state index in [0.717, 1.165) is 70.9 Å². The molecule has 2 saturated heterocycles. The van der Waals surface area contributed by atoms with Crippen molar-refractivity contribution >= 4 is 42.7 Å². The molecule has 202 valence electrons. The lowest BCUT2D eigenvalue weighted by Gasteiger charge is -2.42. The van der Waals surface area contributed by atoms with E-state index in [-0.39, 0.29) is 61.3 Å². The summed E-state index contributed by atoms with van der Waals surface area (Å²) in [6.07, 6.45) is 12.5. The lowest BCUT2D eigenvalue weighted by molar-refractivity contribution is -0.148. The summed E-state index contributed by atoms with van der Waals surface area (Å²) in [6.45, 7) is 2.77. The van der Waals surface area contributed by atoms with Crippen LogP contribution in [-0.4, -0.2) is 95.2 Å². The van der Waals surface area contributed by atoms with Crippen LogP contribution in [0.5, 0.6) is 0 Å². The first-order chi connectivity index (χ1) is 15.9. The minimum Gasteiger partial charge on any atom is -0.481 e. The highest BCUT2D eigenvalue weighted by molar-refractivity contribution is 5.86. The first-order valence-electron chi connectivity index (χ1n) is 12.5. The number of likely N-dealkylation sites (N-methyl/N-ethyl adjacent to an activating group) is 1. The van der Waals surface area contributed by atoms with Crippen molar-refractivity contribution in [2.24, 2.45) is 5.73 Å². The van der Waals surface area contributed by atoms with Crippen molar-refractivity contribution in [2.45, 2.75) is 88.4 Å². The van der Waals surface area contributed by atoms with Gasteiger partial charge in [0.2, 0.25) is 5.91 Å². The van der Waals surface area contributed by atoms with E-state index >= 15 is 0 Å². The Balaban J connectivity index is 0.00000306. The Morgan fingerprint density at radius 3 is 2.46 bits per heavy atom. The summed E-state index contributed by atoms with van der Waals surface area (Å²) in [6, 6.07) is -0.327. The summed E-state index contributed by atoms with van der Waals surface area (Å²) >= 11 is 0. The van der Waals surface area contributed by atoms with E-state index in [1.807, 2.05) is 21.7 Å². The predicted octanol–water partition coefficient (Wildman–Crippen LogP) is 2.86. The Labute approximate surface area is 221 Å². The SMILES string of the molecule is CN(C1CC=CCC1)[C@@H](CC(=O)O)C(=O)N1CCCC[C@H]1CCOC1CCN(C(=N)N)CC1.Cl.Cl. The average Bonchev–Trinajstić information content (AvgIpc) is 2.83. The molecule has 3 aliphatic rings. The monoisotopic (exact) mass is 535 g/mol. The van der Waals surface area contributed by atoms with Crippen LogP contribution in [0.3, 0.4) is 0 Å². The van der Waals surface area contributed by atoms with E-state index in [1.165, 1.54) is 0 Å². The highest BCUT2D eigenvalue weighted by Gasteiger charge is 2.37. The molecule has 11 heteroatoms. The molecule has 0 aromatic rings. The number of nitrogens with zero attached hydrogens (tertiary/aromatic N) is 3. The number of hydrogen-bond acceptors (Lipinski definition) is 5. The zero-order valence-electron chi connectivity index (χ0n) is 20.8. The Bertz CT molecular complexity index is 718. The molecule has 0 saturated carbocycles. The van der Waals surface area contributed by atoms with Crippen LogP contribution in [0.4, 0.5) is 0 Å². The number of carboxylic acid groups (broad SMARTS) is 1. The van der Waals surface area contributed by atoms with Crippen LogP contribution in [0.2, 0.25) is 0 Å². The van der Waals surface area contributed by atoms with Gasteiger partial charge in [-0.2, -0.15) is 0 Å². The first kappa shape index (κ1) is 31.5. The molecule has 3 rings (SSSR count). The number of nitrogens with two attached hydrogens (primary N) is 1. The number of ether oxygens (including phenoxy) is 1. The maximum atomic E-state index is 13.6. The molecule has 1 aliphatic carbocycles. The number of hydrogen-bond donors (Lipinski definition) is 3. The second kappa shape index (κ2) is 15.5. The lowest BCUT2D eigenvalue weighted by Crippen LogP contribution is -2.55. The number of carbonyl (C=O) groups excluding carboxylic acids is 1. The van der Waals surface area contributed by atoms with Crippen LogP contribution in [0.15, 0.2) is 12.2 Å². The van der Waals surface area contributed by atoms with Gasteiger partial charge in [-0.1, -0.05) is 12.2 Å². The number of rotatable bonds is 9. The van der Waals surface area contributed by atoms with Gasteiger partial charge in [0.25, 0.3) is 0 Å². The van der Waals surface area contributed by atoms with E-state index < -0.39 is 12.0 Å². The van der Waals surface area contributed by atoms with Crippen molar-refractivity contribution in [1.82, 2.24) is 14.7 Å². The minimum atomic E-state index is -0.930. The summed E-state index contributed by atoms with van der Waals surface area (Å²) < 4.78 is 6.12. The Morgan fingerprint density at radius 2 is 1.86 bits per heavy atom. The smallest absolute Gasteiger partial charge is 0.305 e. The van der Waals surface area contributed by atoms with Crippen molar-refractivity contribution in [3.05, 3.63) is 12.2 Å². The van der Waals surface area contributed by atoms with Gasteiger partial charge in [-0.25, -0.2) is 0 Å². The molecule has 0 aromatic heterocycles. The number of aliphatic carboxylic acids is 1. The summed E-state index contributed by atoms with van der Waals surface area (Å²) in [7, 11) is 1.91. The summed E-state index contributed by atoms with van der Waals surface area (Å²) in [5.41, 5.74) is 5.56. The van der Waals surface area contributed by atoms with E-state index in [0.29, 0.717) is 13.2 Å². The highest BCUT2D eigenvalue weighted by atomic mass is 35.5. The van der Waals surface area contributed by atoms with Crippen molar-refractivity contribution in [3.63, 3.8) is 0 Å². The molecule has 0 radical (unpaired) electrons. The molecule has 1 unspecified atom stereocenters. The van der Waals surface area contributed by atoms with E-state index in [1.54, 1.807) is 0 Å². The molecule has 0 aromatic carbocycles. The van der Waals surface area contributed by atoms with Gasteiger partial charge in [-0.15, -0.1) is 24.8 Å². The normalized spacial score (nSPS) is 23.8. The molecule has 4 N–H and O–H groups in total. The van der Waals surface area contributed by atoms with E-state index in [4.69, 9.17) is 15.9 Å². The van der Waals surface area contributed by atoms with Gasteiger partial charge < -0.3 is 25.4 Å². The van der Waals surface area contributed by atoms with Gasteiger partial charge in [0.15, 0.2) is 5.96 Å². The number of carboxylic acids is 1. The number of piperidine rings is 2. The topological polar surface area (TPSA) is 123 Å². The number of halogens is 2. The van der Waals surface area contributed by atoms with Gasteiger partial charge in [-0.05, 0) is 64.8 Å². The van der Waals surface area contributed by atoms with Crippen LogP contribution >= 0.6 is 24.8 Å². The van der Waals surface area contributed by atoms with E-state index in [2.05, 4.69) is 12.2 Å². The van der Waals surface area contributed by atoms with Crippen LogP contribution in [0.1, 0.15) is 64.2 Å². The fraction of sp³-hybridized carbons (Fsp3) is 0.792. The number of allylic oxidation sites excluding steroid dienone is 1. The molecule has 0 bridgehead atoms. The molecule has 2 heterocycles. The lowest BCUT2D eigenvalue weighted by atomic mass is 9.95. The van der Waals surface area contributed by atoms with Crippen LogP contribution in [0.25, 0.3) is 0 Å². The zero-order valence-corrected chi connectivity index (χ0v) is 22.4. The Hall–Kier alpha value is -1.55. The molecular weight excluding hydrogens is 493 g/mol. The largest absolute Gasteiger partial charge is 0.481 e. The summed E-state index contributed by atoms with van der Waals surface area (Å²) in [4.78, 5) is 31.0. The highest BCUT2D eigenvalue weighted by Crippen LogP contribution is 2.26. The second-order valence-corrected chi connectivity index (χ2v) is 9.63. The Kier molecular flexibility index (Phi) is 14.0. The van der Waals surface area contributed by atoms with Gasteiger partial charge in [-0.3, -0.25) is 19.9 Å². The van der Waals surface area contributed by atoms with Crippen LogP contribution in [0, 0.1) is 5.41 Å². The van der Waals surface area contributed by atoms with Crippen molar-refractivity contribution < 1.29 is 19.4 Å². The standard InChI is InChI=1S/C24H41N5O4.2ClH/c1-27(18-7-3-2-4-8-18)21(17-22(30)31)23(32)29-13-6-5-9-19(29)12-16-33-20-10-14-28(15-11-20)24(25)26;;/h2-3,18-21H,4-17H2,1H3,(H3,25,26)(H,30,31);2*1H/t18?,19-,21-;;/m0../s1. The van der Waals surface area contributed by atoms with Crippen molar-refractivity contribution in [3.8, 4) is 0 Å². The fourth-order valence-corrected chi connectivity index (χ4v) is 5.39. The molecule has 0 spiro atoms. The van der Waals surface area contributed by atoms with E-state index in [9.17, 15) is 14.7 Å². The third kappa shape index (κ3) is 9.12. The number of carbonyl (C=O) groups is 2. The third-order valence-electron chi connectivity index (χ3n) is 7.46. The molecule has 2 aliphatic heterocycles. The number of amides is 1. The third-order valence-corrected chi connectivity index (χ3v) is 7.46. The van der Waals surface area contributed by atoms with Gasteiger partial charge in [0.05, 0.1) is 18.6 Å². The molecule has 2 fully saturated rings. The average molecular weight is 537 g/mol. The molecule has 35 heavy (non-hydrogen) atoms. The predicted molar refractivity (Wildman–Crippen MR) is 142 cm³/mol.